The molecule has 0 fully saturated rings. The lowest BCUT2D eigenvalue weighted by atomic mass is 10.2. The fraction of sp³-hybridized carbons (Fsp3) is 0. The quantitative estimate of drug-likeness (QED) is 0.659. The minimum Gasteiger partial charge on any atom is -0.478 e. The number of aromatic carboxylic acids is 1. The van der Waals surface area contributed by atoms with Gasteiger partial charge < -0.3 is 21.9 Å². The summed E-state index contributed by atoms with van der Waals surface area (Å²) >= 11 is 0. The lowest BCUT2D eigenvalue weighted by molar-refractivity contribution is 0.0698. The largest absolute Gasteiger partial charge is 0.478 e. The molecule has 2 amide bonds. The van der Waals surface area contributed by atoms with Crippen LogP contribution in [-0.4, -0.2) is 22.1 Å². The number of carbonyl (C=O) groups excluding carboxylic acids is 1. The SMILES string of the molecule is NC(=O)Nc1ccccc1C(=O)O.Nc1ccccn1. The predicted molar refractivity (Wildman–Crippen MR) is 75.3 cm³/mol. The van der Waals surface area contributed by atoms with Crippen molar-refractivity contribution in [3.8, 4) is 0 Å². The summed E-state index contributed by atoms with van der Waals surface area (Å²) < 4.78 is 0. The van der Waals surface area contributed by atoms with Crippen LogP contribution in [0.15, 0.2) is 48.7 Å². The first-order valence-corrected chi connectivity index (χ1v) is 5.56. The number of pyridine rings is 1. The predicted octanol–water partition coefficient (Wildman–Crippen LogP) is 1.54. The molecule has 0 unspecified atom stereocenters. The molecule has 0 atom stereocenters. The van der Waals surface area contributed by atoms with Gasteiger partial charge in [0.2, 0.25) is 0 Å². The Kier molecular flexibility index (Phi) is 5.51. The number of rotatable bonds is 2. The minimum atomic E-state index is -1.11. The number of carboxylic acid groups (broad SMARTS) is 1. The Morgan fingerprint density at radius 1 is 1.10 bits per heavy atom. The smallest absolute Gasteiger partial charge is 0.337 e. The van der Waals surface area contributed by atoms with Crippen molar-refractivity contribution in [3.63, 3.8) is 0 Å². The highest BCUT2D eigenvalue weighted by atomic mass is 16.4. The number of carbonyl (C=O) groups is 2. The van der Waals surface area contributed by atoms with Gasteiger partial charge in [-0.15, -0.1) is 0 Å². The molecule has 7 heteroatoms. The molecule has 0 aliphatic heterocycles. The van der Waals surface area contributed by atoms with Crippen LogP contribution in [0.2, 0.25) is 0 Å². The van der Waals surface area contributed by atoms with E-state index in [1.807, 2.05) is 12.1 Å². The van der Waals surface area contributed by atoms with Gasteiger partial charge in [-0.2, -0.15) is 0 Å². The van der Waals surface area contributed by atoms with Crippen molar-refractivity contribution in [1.29, 1.82) is 0 Å². The molecule has 0 saturated carbocycles. The fourth-order valence-corrected chi connectivity index (χ4v) is 1.29. The lowest BCUT2D eigenvalue weighted by Crippen LogP contribution is -2.20. The second kappa shape index (κ2) is 7.37. The number of nitrogen functional groups attached to an aromatic ring is 1. The third-order valence-electron chi connectivity index (χ3n) is 2.10. The molecule has 0 aliphatic rings. The first-order valence-electron chi connectivity index (χ1n) is 5.56. The number of primary amides is 1. The van der Waals surface area contributed by atoms with Crippen molar-refractivity contribution in [3.05, 3.63) is 54.2 Å². The second-order valence-electron chi connectivity index (χ2n) is 3.59. The number of anilines is 2. The molecule has 7 nitrogen and oxygen atoms in total. The van der Waals surface area contributed by atoms with Gasteiger partial charge in [0.1, 0.15) is 5.82 Å². The van der Waals surface area contributed by atoms with Crippen LogP contribution in [0.4, 0.5) is 16.3 Å². The Morgan fingerprint density at radius 2 is 1.75 bits per heavy atom. The molecule has 104 valence electrons. The van der Waals surface area contributed by atoms with E-state index in [4.69, 9.17) is 16.6 Å². The van der Waals surface area contributed by atoms with Crippen molar-refractivity contribution in [1.82, 2.24) is 4.98 Å². The summed E-state index contributed by atoms with van der Waals surface area (Å²) in [6.07, 6.45) is 1.66. The lowest BCUT2D eigenvalue weighted by Gasteiger charge is -2.04. The maximum Gasteiger partial charge on any atom is 0.337 e. The molecule has 6 N–H and O–H groups in total. The van der Waals surface area contributed by atoms with Gasteiger partial charge in [0.25, 0.3) is 0 Å². The first kappa shape index (κ1) is 15.0. The van der Waals surface area contributed by atoms with Gasteiger partial charge in [0.15, 0.2) is 0 Å². The van der Waals surface area contributed by atoms with Crippen LogP contribution in [-0.2, 0) is 0 Å². The van der Waals surface area contributed by atoms with Crippen molar-refractivity contribution < 1.29 is 14.7 Å². The average molecular weight is 274 g/mol. The zero-order valence-electron chi connectivity index (χ0n) is 10.5. The van der Waals surface area contributed by atoms with Gasteiger partial charge in [0.05, 0.1) is 11.3 Å². The van der Waals surface area contributed by atoms with E-state index in [1.165, 1.54) is 12.1 Å². The molecule has 0 radical (unpaired) electrons. The van der Waals surface area contributed by atoms with Crippen LogP contribution in [0.1, 0.15) is 10.4 Å². The number of nitrogens with two attached hydrogens (primary N) is 2. The molecule has 1 aromatic carbocycles. The monoisotopic (exact) mass is 274 g/mol. The molecule has 1 aromatic heterocycles. The molecule has 0 bridgehead atoms. The number of hydrogen-bond donors (Lipinski definition) is 4. The second-order valence-corrected chi connectivity index (χ2v) is 3.59. The van der Waals surface area contributed by atoms with E-state index >= 15 is 0 Å². The fourth-order valence-electron chi connectivity index (χ4n) is 1.29. The molecule has 2 rings (SSSR count). The summed E-state index contributed by atoms with van der Waals surface area (Å²) in [4.78, 5) is 24.8. The molecule has 0 saturated heterocycles. The molecule has 0 spiro atoms. The van der Waals surface area contributed by atoms with Crippen molar-refractivity contribution in [2.75, 3.05) is 11.1 Å². The Morgan fingerprint density at radius 3 is 2.20 bits per heavy atom. The van der Waals surface area contributed by atoms with Gasteiger partial charge in [-0.3, -0.25) is 0 Å². The van der Waals surface area contributed by atoms with Gasteiger partial charge in [-0.25, -0.2) is 14.6 Å². The van der Waals surface area contributed by atoms with Gasteiger partial charge >= 0.3 is 12.0 Å². The van der Waals surface area contributed by atoms with E-state index in [0.717, 1.165) is 0 Å². The van der Waals surface area contributed by atoms with E-state index < -0.39 is 12.0 Å². The van der Waals surface area contributed by atoms with Crippen molar-refractivity contribution in [2.24, 2.45) is 5.73 Å². The van der Waals surface area contributed by atoms with E-state index in [9.17, 15) is 9.59 Å². The molecule has 1 heterocycles. The van der Waals surface area contributed by atoms with E-state index in [0.29, 0.717) is 5.82 Å². The Hall–Kier alpha value is -3.09. The van der Waals surface area contributed by atoms with Gasteiger partial charge in [-0.1, -0.05) is 18.2 Å². The maximum atomic E-state index is 10.6. The number of amides is 2. The number of urea groups is 1. The topological polar surface area (TPSA) is 131 Å². The standard InChI is InChI=1S/C8H8N2O3.C5H6N2/c9-8(13)10-6-4-2-1-3-5(6)7(11)12;6-5-3-1-2-4-7-5/h1-4H,(H,11,12)(H3,9,10,13);1-4H,(H2,6,7). The number of benzene rings is 1. The number of aromatic nitrogens is 1. The number of nitrogens with zero attached hydrogens (tertiary/aromatic N) is 1. The minimum absolute atomic E-state index is 0.0151. The molecule has 0 aliphatic carbocycles. The summed E-state index contributed by atoms with van der Waals surface area (Å²) in [5.41, 5.74) is 10.3. The normalized spacial score (nSPS) is 9.00. The Bertz CT molecular complexity index is 587. The number of nitrogens with one attached hydrogen (secondary N) is 1. The van der Waals surface area contributed by atoms with E-state index in [1.54, 1.807) is 24.4 Å². The van der Waals surface area contributed by atoms with Crippen LogP contribution in [0, 0.1) is 0 Å². The maximum absolute atomic E-state index is 10.6. The molecular formula is C13H14N4O3. The third kappa shape index (κ3) is 5.05. The summed E-state index contributed by atoms with van der Waals surface area (Å²) in [6, 6.07) is 10.7. The third-order valence-corrected chi connectivity index (χ3v) is 2.10. The highest BCUT2D eigenvalue weighted by Crippen LogP contribution is 2.13. The van der Waals surface area contributed by atoms with Crippen LogP contribution >= 0.6 is 0 Å². The van der Waals surface area contributed by atoms with Crippen LogP contribution in [0.3, 0.4) is 0 Å². The van der Waals surface area contributed by atoms with E-state index in [2.05, 4.69) is 10.3 Å². The van der Waals surface area contributed by atoms with Crippen LogP contribution in [0.25, 0.3) is 0 Å². The van der Waals surface area contributed by atoms with E-state index in [-0.39, 0.29) is 11.3 Å². The zero-order chi connectivity index (χ0) is 15.0. The van der Waals surface area contributed by atoms with Crippen molar-refractivity contribution >= 4 is 23.5 Å². The summed E-state index contributed by atoms with van der Waals surface area (Å²) in [5.74, 6) is -0.535. The summed E-state index contributed by atoms with van der Waals surface area (Å²) in [5, 5.41) is 10.9. The summed E-state index contributed by atoms with van der Waals surface area (Å²) in [7, 11) is 0. The zero-order valence-corrected chi connectivity index (χ0v) is 10.5. The highest BCUT2D eigenvalue weighted by Gasteiger charge is 2.09. The number of para-hydroxylation sites is 1. The highest BCUT2D eigenvalue weighted by molar-refractivity contribution is 5.99. The Labute approximate surface area is 115 Å². The number of carboxylic acids is 1. The van der Waals surface area contributed by atoms with Crippen molar-refractivity contribution in [2.45, 2.75) is 0 Å². The van der Waals surface area contributed by atoms with Gasteiger partial charge in [0, 0.05) is 6.20 Å². The average Bonchev–Trinajstić information content (AvgIpc) is 2.40. The van der Waals surface area contributed by atoms with Crippen LogP contribution < -0.4 is 16.8 Å². The van der Waals surface area contributed by atoms with Crippen LogP contribution in [0.5, 0.6) is 0 Å². The number of hydrogen-bond acceptors (Lipinski definition) is 4. The molecule has 20 heavy (non-hydrogen) atoms. The van der Waals surface area contributed by atoms with Gasteiger partial charge in [-0.05, 0) is 24.3 Å². The molecule has 2 aromatic rings. The Balaban J connectivity index is 0.000000240. The first-order chi connectivity index (χ1) is 9.50. The molecular weight excluding hydrogens is 260 g/mol. The summed E-state index contributed by atoms with van der Waals surface area (Å²) in [6.45, 7) is 0.